The van der Waals surface area contributed by atoms with Crippen LogP contribution >= 0.6 is 11.6 Å². The maximum absolute atomic E-state index is 13.2. The Labute approximate surface area is 151 Å². The van der Waals surface area contributed by atoms with Crippen LogP contribution in [0.25, 0.3) is 0 Å². The van der Waals surface area contributed by atoms with Crippen molar-refractivity contribution in [3.63, 3.8) is 0 Å². The number of aromatic nitrogens is 1. The maximum Gasteiger partial charge on any atom is 0.277 e. The van der Waals surface area contributed by atoms with E-state index in [0.717, 1.165) is 29.2 Å². The van der Waals surface area contributed by atoms with Gasteiger partial charge in [-0.2, -0.15) is 0 Å². The monoisotopic (exact) mass is 352 g/mol. The number of aliphatic imine (C=N–C) groups is 1. The van der Waals surface area contributed by atoms with Crippen LogP contribution < -0.4 is 10.2 Å². The van der Waals surface area contributed by atoms with Gasteiger partial charge in [0.2, 0.25) is 0 Å². The minimum atomic E-state index is -0.306. The summed E-state index contributed by atoms with van der Waals surface area (Å²) in [5.41, 5.74) is 3.98. The van der Waals surface area contributed by atoms with E-state index in [0.29, 0.717) is 17.3 Å². The number of amides is 1. The van der Waals surface area contributed by atoms with Gasteiger partial charge in [-0.25, -0.2) is 0 Å². The number of nitrogens with zero attached hydrogens (tertiary/aromatic N) is 3. The van der Waals surface area contributed by atoms with Crippen LogP contribution in [0.15, 0.2) is 64.9 Å². The number of hydrogen-bond acceptors (Lipinski definition) is 4. The standard InChI is InChI=1S/C19H17ClN4O/c1-12-16-17(23-11-10-21-12)19(25)24(14-7-5-13(20)6-8-14)18(16)15-4-2-3-9-22-15/h2-9,18,21H,10-11H2,1H3/t18-/m0/s1. The van der Waals surface area contributed by atoms with Crippen molar-refractivity contribution in [3.8, 4) is 0 Å². The summed E-state index contributed by atoms with van der Waals surface area (Å²) in [7, 11) is 0. The highest BCUT2D eigenvalue weighted by molar-refractivity contribution is 6.53. The number of pyridine rings is 1. The van der Waals surface area contributed by atoms with Crippen LogP contribution in [0.2, 0.25) is 5.02 Å². The van der Waals surface area contributed by atoms with Crippen molar-refractivity contribution in [1.29, 1.82) is 0 Å². The summed E-state index contributed by atoms with van der Waals surface area (Å²) in [6.07, 6.45) is 1.75. The summed E-state index contributed by atoms with van der Waals surface area (Å²) in [4.78, 5) is 24.0. The molecule has 0 bridgehead atoms. The lowest BCUT2D eigenvalue weighted by atomic mass is 10.0. The van der Waals surface area contributed by atoms with Crippen LogP contribution in [0.5, 0.6) is 0 Å². The number of anilines is 1. The molecule has 4 rings (SSSR count). The molecule has 0 radical (unpaired) electrons. The van der Waals surface area contributed by atoms with Crippen molar-refractivity contribution in [2.75, 3.05) is 18.0 Å². The molecule has 1 aromatic heterocycles. The molecule has 3 heterocycles. The third kappa shape index (κ3) is 2.70. The van der Waals surface area contributed by atoms with E-state index in [-0.39, 0.29) is 11.9 Å². The summed E-state index contributed by atoms with van der Waals surface area (Å²) in [6.45, 7) is 3.29. The second kappa shape index (κ2) is 6.33. The van der Waals surface area contributed by atoms with E-state index < -0.39 is 0 Å². The highest BCUT2D eigenvalue weighted by Crippen LogP contribution is 2.40. The Bertz CT molecular complexity index is 874. The Morgan fingerprint density at radius 1 is 1.20 bits per heavy atom. The first kappa shape index (κ1) is 15.8. The molecule has 2 aromatic rings. The van der Waals surface area contributed by atoms with Gasteiger partial charge in [0.15, 0.2) is 0 Å². The molecule has 1 saturated heterocycles. The van der Waals surface area contributed by atoms with Crippen LogP contribution in [0.4, 0.5) is 5.69 Å². The quantitative estimate of drug-likeness (QED) is 0.903. The van der Waals surface area contributed by atoms with Gasteiger partial charge in [-0.3, -0.25) is 19.7 Å². The molecule has 0 aliphatic carbocycles. The average molecular weight is 353 g/mol. The third-order valence-electron chi connectivity index (χ3n) is 4.46. The SMILES string of the molecule is CC1=C2C(=NCCN1)C(=O)N(c1ccc(Cl)cc1)[C@H]2c1ccccn1. The smallest absolute Gasteiger partial charge is 0.277 e. The number of carbonyl (C=O) groups excluding carboxylic acids is 1. The van der Waals surface area contributed by atoms with Gasteiger partial charge in [-0.05, 0) is 43.3 Å². The topological polar surface area (TPSA) is 57.6 Å². The fourth-order valence-electron chi connectivity index (χ4n) is 3.33. The third-order valence-corrected chi connectivity index (χ3v) is 4.71. The first-order valence-corrected chi connectivity index (χ1v) is 8.54. The molecule has 0 saturated carbocycles. The van der Waals surface area contributed by atoms with Gasteiger partial charge in [0.1, 0.15) is 11.8 Å². The molecule has 2 aliphatic heterocycles. The molecule has 1 aromatic carbocycles. The number of rotatable bonds is 2. The fourth-order valence-corrected chi connectivity index (χ4v) is 3.46. The molecular formula is C19H17ClN4O. The first-order chi connectivity index (χ1) is 12.2. The van der Waals surface area contributed by atoms with Crippen LogP contribution in [0.3, 0.4) is 0 Å². The highest BCUT2D eigenvalue weighted by atomic mass is 35.5. The first-order valence-electron chi connectivity index (χ1n) is 8.16. The molecule has 6 heteroatoms. The number of nitrogens with one attached hydrogen (secondary N) is 1. The fraction of sp³-hybridized carbons (Fsp3) is 0.211. The zero-order valence-corrected chi connectivity index (χ0v) is 14.5. The normalized spacial score (nSPS) is 20.1. The Balaban J connectivity index is 1.92. The van der Waals surface area contributed by atoms with Gasteiger partial charge in [-0.15, -0.1) is 0 Å². The van der Waals surface area contributed by atoms with Gasteiger partial charge < -0.3 is 5.32 Å². The molecular weight excluding hydrogens is 336 g/mol. The minimum absolute atomic E-state index is 0.101. The summed E-state index contributed by atoms with van der Waals surface area (Å²) < 4.78 is 0. The van der Waals surface area contributed by atoms with Crippen molar-refractivity contribution < 1.29 is 4.79 Å². The predicted octanol–water partition coefficient (Wildman–Crippen LogP) is 3.14. The number of carbonyl (C=O) groups is 1. The predicted molar refractivity (Wildman–Crippen MR) is 98.9 cm³/mol. The number of hydrogen-bond donors (Lipinski definition) is 1. The van der Waals surface area contributed by atoms with Crippen molar-refractivity contribution in [2.24, 2.45) is 4.99 Å². The van der Waals surface area contributed by atoms with Crippen molar-refractivity contribution >= 4 is 28.9 Å². The average Bonchev–Trinajstić information content (AvgIpc) is 2.78. The zero-order chi connectivity index (χ0) is 17.4. The molecule has 1 fully saturated rings. The van der Waals surface area contributed by atoms with Crippen molar-refractivity contribution in [2.45, 2.75) is 13.0 Å². The van der Waals surface area contributed by atoms with E-state index in [1.165, 1.54) is 0 Å². The Morgan fingerprint density at radius 3 is 2.72 bits per heavy atom. The summed E-state index contributed by atoms with van der Waals surface area (Å²) in [5.74, 6) is -0.101. The summed E-state index contributed by atoms with van der Waals surface area (Å²) >= 11 is 6.02. The molecule has 0 spiro atoms. The van der Waals surface area contributed by atoms with Crippen LogP contribution in [0.1, 0.15) is 18.7 Å². The van der Waals surface area contributed by atoms with Crippen LogP contribution in [-0.4, -0.2) is 29.7 Å². The Hall–Kier alpha value is -2.66. The lowest BCUT2D eigenvalue weighted by Crippen LogP contribution is -2.30. The number of benzene rings is 1. The summed E-state index contributed by atoms with van der Waals surface area (Å²) in [6, 6.07) is 12.7. The molecule has 5 nitrogen and oxygen atoms in total. The largest absolute Gasteiger partial charge is 0.386 e. The van der Waals surface area contributed by atoms with Gasteiger partial charge in [0.25, 0.3) is 5.91 Å². The second-order valence-corrected chi connectivity index (χ2v) is 6.44. The van der Waals surface area contributed by atoms with Crippen molar-refractivity contribution in [3.05, 3.63) is 70.6 Å². The van der Waals surface area contributed by atoms with E-state index in [2.05, 4.69) is 15.3 Å². The van der Waals surface area contributed by atoms with E-state index in [1.54, 1.807) is 23.2 Å². The molecule has 126 valence electrons. The number of fused-ring (bicyclic) bond motifs is 1. The highest BCUT2D eigenvalue weighted by Gasteiger charge is 2.45. The Morgan fingerprint density at radius 2 is 2.00 bits per heavy atom. The molecule has 1 N–H and O–H groups in total. The van der Waals surface area contributed by atoms with Gasteiger partial charge in [0.05, 0.1) is 12.2 Å². The zero-order valence-electron chi connectivity index (χ0n) is 13.7. The number of halogens is 1. The van der Waals surface area contributed by atoms with Gasteiger partial charge in [0, 0.05) is 34.7 Å². The second-order valence-electron chi connectivity index (χ2n) is 6.00. The minimum Gasteiger partial charge on any atom is -0.386 e. The lowest BCUT2D eigenvalue weighted by Gasteiger charge is -2.25. The molecule has 25 heavy (non-hydrogen) atoms. The van der Waals surface area contributed by atoms with Gasteiger partial charge >= 0.3 is 0 Å². The maximum atomic E-state index is 13.2. The lowest BCUT2D eigenvalue weighted by molar-refractivity contribution is -0.112. The van der Waals surface area contributed by atoms with Crippen molar-refractivity contribution in [1.82, 2.24) is 10.3 Å². The Kier molecular flexibility index (Phi) is 4.01. The van der Waals surface area contributed by atoms with Crippen LogP contribution in [-0.2, 0) is 4.79 Å². The number of allylic oxidation sites excluding steroid dienone is 1. The van der Waals surface area contributed by atoms with E-state index in [4.69, 9.17) is 11.6 Å². The summed E-state index contributed by atoms with van der Waals surface area (Å²) in [5, 5.41) is 3.99. The van der Waals surface area contributed by atoms with Gasteiger partial charge in [-0.1, -0.05) is 17.7 Å². The molecule has 0 unspecified atom stereocenters. The molecule has 2 aliphatic rings. The van der Waals surface area contributed by atoms with Crippen LogP contribution in [0, 0.1) is 0 Å². The molecule has 1 amide bonds. The van der Waals surface area contributed by atoms with E-state index in [9.17, 15) is 4.79 Å². The molecule has 1 atom stereocenters. The van der Waals surface area contributed by atoms with E-state index >= 15 is 0 Å². The van der Waals surface area contributed by atoms with E-state index in [1.807, 2.05) is 37.3 Å².